The third kappa shape index (κ3) is 3.04. The molecule has 2 aliphatic heterocycles. The Labute approximate surface area is 131 Å². The van der Waals surface area contributed by atoms with Crippen LogP contribution >= 0.6 is 11.6 Å². The number of likely N-dealkylation sites (tertiary alicyclic amines) is 1. The van der Waals surface area contributed by atoms with Crippen LogP contribution < -0.4 is 10.1 Å². The van der Waals surface area contributed by atoms with E-state index in [9.17, 15) is 5.11 Å². The first-order chi connectivity index (χ1) is 10.1. The minimum absolute atomic E-state index is 0.0565. The van der Waals surface area contributed by atoms with Gasteiger partial charge in [-0.1, -0.05) is 17.7 Å². The maximum Gasteiger partial charge on any atom is 0.138 e. The average Bonchev–Trinajstić information content (AvgIpc) is 2.99. The molecule has 2 heterocycles. The van der Waals surface area contributed by atoms with Crippen LogP contribution in [0.3, 0.4) is 0 Å². The molecule has 116 valence electrons. The Hall–Kier alpha value is -0.810. The van der Waals surface area contributed by atoms with Gasteiger partial charge in [0.2, 0.25) is 0 Å². The molecule has 5 heteroatoms. The summed E-state index contributed by atoms with van der Waals surface area (Å²) in [5.74, 6) is 1.32. The molecule has 0 spiro atoms. The van der Waals surface area contributed by atoms with Gasteiger partial charge in [-0.2, -0.15) is 0 Å². The molecule has 0 amide bonds. The Bertz CT molecular complexity index is 511. The zero-order valence-electron chi connectivity index (χ0n) is 12.4. The monoisotopic (exact) mass is 310 g/mol. The molecule has 1 aromatic carbocycles. The summed E-state index contributed by atoms with van der Waals surface area (Å²) in [4.78, 5) is 2.39. The first-order valence-corrected chi connectivity index (χ1v) is 7.94. The molecule has 1 aromatic rings. The second kappa shape index (κ2) is 6.13. The summed E-state index contributed by atoms with van der Waals surface area (Å²) in [6.45, 7) is 7.74. The van der Waals surface area contributed by atoms with Crippen molar-refractivity contribution < 1.29 is 9.84 Å². The van der Waals surface area contributed by atoms with Crippen LogP contribution in [0.5, 0.6) is 5.75 Å². The van der Waals surface area contributed by atoms with E-state index in [0.717, 1.165) is 44.0 Å². The Kier molecular flexibility index (Phi) is 4.41. The lowest BCUT2D eigenvalue weighted by Crippen LogP contribution is -2.36. The van der Waals surface area contributed by atoms with E-state index < -0.39 is 0 Å². The fourth-order valence-corrected chi connectivity index (χ4v) is 3.70. The van der Waals surface area contributed by atoms with E-state index in [2.05, 4.69) is 10.2 Å². The first kappa shape index (κ1) is 15.1. The van der Waals surface area contributed by atoms with Gasteiger partial charge in [-0.3, -0.25) is 4.90 Å². The molecule has 0 saturated carbocycles. The molecule has 3 rings (SSSR count). The van der Waals surface area contributed by atoms with Crippen molar-refractivity contribution in [1.29, 1.82) is 0 Å². The van der Waals surface area contributed by atoms with Crippen LogP contribution in [0, 0.1) is 18.3 Å². The number of halogens is 1. The topological polar surface area (TPSA) is 44.7 Å². The Balaban J connectivity index is 1.52. The molecule has 0 bridgehead atoms. The summed E-state index contributed by atoms with van der Waals surface area (Å²) in [6, 6.07) is 5.83. The minimum atomic E-state index is 0.0565. The van der Waals surface area contributed by atoms with Crippen LogP contribution in [-0.2, 0) is 0 Å². The third-order valence-corrected chi connectivity index (χ3v) is 5.13. The zero-order chi connectivity index (χ0) is 14.9. The lowest BCUT2D eigenvalue weighted by Gasteiger charge is -2.25. The van der Waals surface area contributed by atoms with Gasteiger partial charge in [0.15, 0.2) is 0 Å². The van der Waals surface area contributed by atoms with Crippen molar-refractivity contribution in [3.63, 3.8) is 0 Å². The molecular weight excluding hydrogens is 288 g/mol. The Morgan fingerprint density at radius 2 is 2.38 bits per heavy atom. The van der Waals surface area contributed by atoms with E-state index in [1.54, 1.807) is 0 Å². The highest BCUT2D eigenvalue weighted by atomic mass is 35.5. The summed E-state index contributed by atoms with van der Waals surface area (Å²) in [7, 11) is 0. The smallest absolute Gasteiger partial charge is 0.138 e. The number of aliphatic hydroxyl groups excluding tert-OH is 1. The highest BCUT2D eigenvalue weighted by molar-refractivity contribution is 6.32. The summed E-state index contributed by atoms with van der Waals surface area (Å²) in [5, 5.41) is 13.8. The fourth-order valence-electron chi connectivity index (χ4n) is 3.53. The molecular formula is C16H23ClN2O2. The molecule has 2 fully saturated rings. The second-order valence-corrected chi connectivity index (χ2v) is 6.77. The predicted octanol–water partition coefficient (Wildman–Crippen LogP) is 1.54. The van der Waals surface area contributed by atoms with Crippen molar-refractivity contribution >= 4 is 11.6 Å². The number of aryl methyl sites for hydroxylation is 1. The molecule has 2 saturated heterocycles. The number of ether oxygens (including phenoxy) is 1. The summed E-state index contributed by atoms with van der Waals surface area (Å²) >= 11 is 6.13. The molecule has 0 aromatic heterocycles. The van der Waals surface area contributed by atoms with Crippen LogP contribution in [-0.4, -0.2) is 55.9 Å². The van der Waals surface area contributed by atoms with Gasteiger partial charge in [0, 0.05) is 31.6 Å². The molecule has 4 nitrogen and oxygen atoms in total. The third-order valence-electron chi connectivity index (χ3n) is 4.82. The van der Waals surface area contributed by atoms with Gasteiger partial charge in [0.1, 0.15) is 12.4 Å². The number of fused-ring (bicyclic) bond motifs is 1. The minimum Gasteiger partial charge on any atom is -0.491 e. The number of aliphatic hydroxyl groups is 1. The second-order valence-electron chi connectivity index (χ2n) is 6.37. The van der Waals surface area contributed by atoms with Crippen LogP contribution in [0.25, 0.3) is 0 Å². The molecule has 2 aliphatic rings. The fraction of sp³-hybridized carbons (Fsp3) is 0.625. The van der Waals surface area contributed by atoms with E-state index >= 15 is 0 Å². The number of nitrogens with zero attached hydrogens (tertiary/aromatic N) is 1. The molecule has 0 radical (unpaired) electrons. The molecule has 21 heavy (non-hydrogen) atoms. The zero-order valence-corrected chi connectivity index (χ0v) is 13.2. The van der Waals surface area contributed by atoms with Crippen LogP contribution in [0.15, 0.2) is 18.2 Å². The van der Waals surface area contributed by atoms with Crippen LogP contribution in [0.1, 0.15) is 5.56 Å². The van der Waals surface area contributed by atoms with Gasteiger partial charge in [0.05, 0.1) is 11.6 Å². The number of nitrogens with one attached hydrogen (secondary N) is 1. The number of rotatable bonds is 5. The van der Waals surface area contributed by atoms with Crippen molar-refractivity contribution in [2.24, 2.45) is 11.3 Å². The highest BCUT2D eigenvalue weighted by Crippen LogP contribution is 2.38. The molecule has 2 unspecified atom stereocenters. The summed E-state index contributed by atoms with van der Waals surface area (Å²) in [6.07, 6.45) is 0. The summed E-state index contributed by atoms with van der Waals surface area (Å²) in [5.41, 5.74) is 1.21. The van der Waals surface area contributed by atoms with E-state index in [1.807, 2.05) is 25.1 Å². The van der Waals surface area contributed by atoms with Gasteiger partial charge in [-0.15, -0.1) is 0 Å². The van der Waals surface area contributed by atoms with E-state index in [-0.39, 0.29) is 12.0 Å². The number of benzene rings is 1. The van der Waals surface area contributed by atoms with Gasteiger partial charge in [-0.25, -0.2) is 0 Å². The Morgan fingerprint density at radius 3 is 3.14 bits per heavy atom. The van der Waals surface area contributed by atoms with Crippen molar-refractivity contribution in [1.82, 2.24) is 10.2 Å². The quantitative estimate of drug-likeness (QED) is 0.866. The van der Waals surface area contributed by atoms with Crippen molar-refractivity contribution in [2.75, 3.05) is 45.9 Å². The van der Waals surface area contributed by atoms with Crippen molar-refractivity contribution in [2.45, 2.75) is 6.92 Å². The normalized spacial score (nSPS) is 28.8. The van der Waals surface area contributed by atoms with E-state index in [4.69, 9.17) is 16.3 Å². The van der Waals surface area contributed by atoms with E-state index in [1.165, 1.54) is 0 Å². The SMILES string of the molecule is Cc1ccc(Cl)c(OCCN2CC3CNCC3(CO)C2)c1. The van der Waals surface area contributed by atoms with Gasteiger partial charge >= 0.3 is 0 Å². The Morgan fingerprint density at radius 1 is 1.52 bits per heavy atom. The number of hydrogen-bond donors (Lipinski definition) is 2. The van der Waals surface area contributed by atoms with Crippen molar-refractivity contribution in [3.8, 4) is 5.75 Å². The maximum absolute atomic E-state index is 9.70. The van der Waals surface area contributed by atoms with E-state index in [0.29, 0.717) is 17.5 Å². The van der Waals surface area contributed by atoms with Gasteiger partial charge < -0.3 is 15.2 Å². The predicted molar refractivity (Wildman–Crippen MR) is 84.0 cm³/mol. The number of hydrogen-bond acceptors (Lipinski definition) is 4. The standard InChI is InChI=1S/C16H23ClN2O2/c1-12-2-3-14(17)15(6-12)21-5-4-19-8-13-7-18-9-16(13,10-19)11-20/h2-3,6,13,18,20H,4-5,7-11H2,1H3. The molecule has 0 aliphatic carbocycles. The summed E-state index contributed by atoms with van der Waals surface area (Å²) < 4.78 is 5.82. The lowest BCUT2D eigenvalue weighted by molar-refractivity contribution is 0.122. The maximum atomic E-state index is 9.70. The van der Waals surface area contributed by atoms with Crippen LogP contribution in [0.4, 0.5) is 0 Å². The average molecular weight is 311 g/mol. The van der Waals surface area contributed by atoms with Crippen LogP contribution in [0.2, 0.25) is 5.02 Å². The lowest BCUT2D eigenvalue weighted by atomic mass is 9.82. The largest absolute Gasteiger partial charge is 0.491 e. The van der Waals surface area contributed by atoms with Gasteiger partial charge in [-0.05, 0) is 37.1 Å². The highest BCUT2D eigenvalue weighted by Gasteiger charge is 2.48. The molecule has 2 atom stereocenters. The van der Waals surface area contributed by atoms with Crippen molar-refractivity contribution in [3.05, 3.63) is 28.8 Å². The van der Waals surface area contributed by atoms with Gasteiger partial charge in [0.25, 0.3) is 0 Å². The first-order valence-electron chi connectivity index (χ1n) is 7.56. The molecule has 2 N–H and O–H groups in total.